The third-order valence-electron chi connectivity index (χ3n) is 4.79. The molecule has 1 aliphatic carbocycles. The number of nitrogens with zero attached hydrogens (tertiary/aromatic N) is 1. The average Bonchev–Trinajstić information content (AvgIpc) is 3.42. The van der Waals surface area contributed by atoms with E-state index in [4.69, 9.17) is 4.74 Å². The quantitative estimate of drug-likeness (QED) is 0.746. The number of ether oxygens (including phenoxy) is 1. The lowest BCUT2D eigenvalue weighted by atomic mass is 10.1. The van der Waals surface area contributed by atoms with Gasteiger partial charge in [-0.2, -0.15) is 0 Å². The molecule has 0 spiro atoms. The molecular formula is C22H22N2O2. The van der Waals surface area contributed by atoms with E-state index in [1.54, 1.807) is 7.11 Å². The van der Waals surface area contributed by atoms with Gasteiger partial charge in [-0.05, 0) is 43.5 Å². The van der Waals surface area contributed by atoms with Gasteiger partial charge in [0.15, 0.2) is 0 Å². The zero-order valence-electron chi connectivity index (χ0n) is 15.0. The minimum absolute atomic E-state index is 0.00354. The Kier molecular flexibility index (Phi) is 4.25. The van der Waals surface area contributed by atoms with Gasteiger partial charge >= 0.3 is 0 Å². The largest absolute Gasteiger partial charge is 0.497 e. The second kappa shape index (κ2) is 6.71. The van der Waals surface area contributed by atoms with Crippen LogP contribution in [0.2, 0.25) is 0 Å². The van der Waals surface area contributed by atoms with Gasteiger partial charge in [0.25, 0.3) is 5.91 Å². The van der Waals surface area contributed by atoms with E-state index < -0.39 is 0 Å². The van der Waals surface area contributed by atoms with Gasteiger partial charge in [-0.1, -0.05) is 36.4 Å². The molecule has 1 heterocycles. The Balaban J connectivity index is 1.86. The van der Waals surface area contributed by atoms with E-state index >= 15 is 0 Å². The maximum Gasteiger partial charge on any atom is 0.253 e. The molecule has 2 aromatic carbocycles. The maximum atomic E-state index is 12.7. The number of benzene rings is 2. The van der Waals surface area contributed by atoms with E-state index in [0.29, 0.717) is 6.04 Å². The number of nitrogens with one attached hydrogen (secondary N) is 1. The fourth-order valence-corrected chi connectivity index (χ4v) is 3.23. The first-order chi connectivity index (χ1) is 12.7. The highest BCUT2D eigenvalue weighted by molar-refractivity contribution is 5.97. The van der Waals surface area contributed by atoms with Crippen LogP contribution < -0.4 is 10.1 Å². The van der Waals surface area contributed by atoms with Crippen LogP contribution in [0.3, 0.4) is 0 Å². The lowest BCUT2D eigenvalue weighted by Crippen LogP contribution is -2.25. The number of carbonyl (C=O) groups is 1. The van der Waals surface area contributed by atoms with Gasteiger partial charge in [-0.15, -0.1) is 0 Å². The maximum absolute atomic E-state index is 12.7. The molecule has 3 aromatic rings. The van der Waals surface area contributed by atoms with E-state index in [0.717, 1.165) is 46.8 Å². The number of rotatable bonds is 5. The highest BCUT2D eigenvalue weighted by Crippen LogP contribution is 2.31. The van der Waals surface area contributed by atoms with Crippen molar-refractivity contribution >= 4 is 5.91 Å². The molecule has 0 saturated heterocycles. The van der Waals surface area contributed by atoms with Crippen LogP contribution in [0.15, 0.2) is 60.7 Å². The molecule has 4 nitrogen and oxygen atoms in total. The summed E-state index contributed by atoms with van der Waals surface area (Å²) >= 11 is 0. The van der Waals surface area contributed by atoms with Gasteiger partial charge in [0.1, 0.15) is 5.75 Å². The Bertz CT molecular complexity index is 940. The van der Waals surface area contributed by atoms with Crippen LogP contribution >= 0.6 is 0 Å². The van der Waals surface area contributed by atoms with Gasteiger partial charge in [0.2, 0.25) is 0 Å². The van der Waals surface area contributed by atoms with E-state index in [-0.39, 0.29) is 5.91 Å². The Hall–Kier alpha value is -3.01. The molecule has 0 bridgehead atoms. The van der Waals surface area contributed by atoms with Crippen LogP contribution in [0.25, 0.3) is 16.9 Å². The summed E-state index contributed by atoms with van der Waals surface area (Å²) < 4.78 is 7.51. The number of methoxy groups -OCH3 is 1. The third-order valence-corrected chi connectivity index (χ3v) is 4.79. The standard InChI is InChI=1S/C22H22N2O2/c1-15-20(22(25)23-17-11-12-17)14-21(16-7-4-3-5-8-16)24(15)18-9-6-10-19(13-18)26-2/h3-10,13-14,17H,11-12H2,1-2H3,(H,23,25). The molecule has 0 atom stereocenters. The van der Waals surface area contributed by atoms with Gasteiger partial charge in [0.05, 0.1) is 18.4 Å². The summed E-state index contributed by atoms with van der Waals surface area (Å²) in [5.74, 6) is 0.794. The summed E-state index contributed by atoms with van der Waals surface area (Å²) in [6.45, 7) is 1.99. The third kappa shape index (κ3) is 3.10. The first-order valence-corrected chi connectivity index (χ1v) is 8.90. The normalized spacial score (nSPS) is 13.5. The summed E-state index contributed by atoms with van der Waals surface area (Å²) in [7, 11) is 1.66. The summed E-state index contributed by atoms with van der Waals surface area (Å²) in [6.07, 6.45) is 2.15. The molecule has 0 unspecified atom stereocenters. The zero-order chi connectivity index (χ0) is 18.1. The van der Waals surface area contributed by atoms with Crippen molar-refractivity contribution in [2.75, 3.05) is 7.11 Å². The topological polar surface area (TPSA) is 43.3 Å². The summed E-state index contributed by atoms with van der Waals surface area (Å²) in [6, 6.07) is 20.4. The first kappa shape index (κ1) is 16.5. The first-order valence-electron chi connectivity index (χ1n) is 8.90. The summed E-state index contributed by atoms with van der Waals surface area (Å²) in [5, 5.41) is 3.10. The smallest absolute Gasteiger partial charge is 0.253 e. The Morgan fingerprint density at radius 1 is 1.08 bits per heavy atom. The van der Waals surface area contributed by atoms with Gasteiger partial charge < -0.3 is 14.6 Å². The molecule has 1 aliphatic rings. The molecule has 1 aromatic heterocycles. The van der Waals surface area contributed by atoms with Crippen molar-refractivity contribution in [3.05, 3.63) is 71.9 Å². The predicted octanol–water partition coefficient (Wildman–Crippen LogP) is 4.35. The molecule has 4 rings (SSSR count). The Labute approximate surface area is 153 Å². The van der Waals surface area contributed by atoms with Crippen molar-refractivity contribution in [2.24, 2.45) is 0 Å². The van der Waals surface area contributed by atoms with Crippen molar-refractivity contribution in [3.63, 3.8) is 0 Å². The molecule has 1 amide bonds. The fraction of sp³-hybridized carbons (Fsp3) is 0.227. The molecule has 0 radical (unpaired) electrons. The zero-order valence-corrected chi connectivity index (χ0v) is 15.0. The summed E-state index contributed by atoms with van der Waals surface area (Å²) in [5.41, 5.74) is 4.70. The SMILES string of the molecule is COc1cccc(-n2c(-c3ccccc3)cc(C(=O)NC3CC3)c2C)c1. The second-order valence-electron chi connectivity index (χ2n) is 6.68. The van der Waals surface area contributed by atoms with Crippen LogP contribution in [0, 0.1) is 6.92 Å². The average molecular weight is 346 g/mol. The van der Waals surface area contributed by atoms with Crippen molar-refractivity contribution in [3.8, 4) is 22.7 Å². The van der Waals surface area contributed by atoms with Crippen molar-refractivity contribution < 1.29 is 9.53 Å². The number of aromatic nitrogens is 1. The van der Waals surface area contributed by atoms with Crippen molar-refractivity contribution in [1.29, 1.82) is 0 Å². The second-order valence-corrected chi connectivity index (χ2v) is 6.68. The van der Waals surface area contributed by atoms with Crippen LogP contribution in [-0.2, 0) is 0 Å². The number of carbonyl (C=O) groups excluding carboxylic acids is 1. The summed E-state index contributed by atoms with van der Waals surface area (Å²) in [4.78, 5) is 12.7. The molecule has 4 heteroatoms. The minimum atomic E-state index is 0.00354. The number of hydrogen-bond donors (Lipinski definition) is 1. The number of amides is 1. The Morgan fingerprint density at radius 2 is 1.85 bits per heavy atom. The monoisotopic (exact) mass is 346 g/mol. The molecule has 132 valence electrons. The number of hydrogen-bond acceptors (Lipinski definition) is 2. The highest BCUT2D eigenvalue weighted by Gasteiger charge is 2.26. The molecular weight excluding hydrogens is 324 g/mol. The van der Waals surface area contributed by atoms with Gasteiger partial charge in [-0.3, -0.25) is 4.79 Å². The van der Waals surface area contributed by atoms with E-state index in [2.05, 4.69) is 22.0 Å². The molecule has 1 N–H and O–H groups in total. The van der Waals surface area contributed by atoms with E-state index in [1.165, 1.54) is 0 Å². The van der Waals surface area contributed by atoms with Crippen molar-refractivity contribution in [1.82, 2.24) is 9.88 Å². The highest BCUT2D eigenvalue weighted by atomic mass is 16.5. The van der Waals surface area contributed by atoms with Crippen LogP contribution in [-0.4, -0.2) is 23.6 Å². The lowest BCUT2D eigenvalue weighted by Gasteiger charge is -2.13. The van der Waals surface area contributed by atoms with E-state index in [1.807, 2.05) is 55.5 Å². The Morgan fingerprint density at radius 3 is 2.54 bits per heavy atom. The minimum Gasteiger partial charge on any atom is -0.497 e. The van der Waals surface area contributed by atoms with Crippen LogP contribution in [0.1, 0.15) is 28.9 Å². The van der Waals surface area contributed by atoms with E-state index in [9.17, 15) is 4.79 Å². The molecule has 0 aliphatic heterocycles. The van der Waals surface area contributed by atoms with Crippen LogP contribution in [0.4, 0.5) is 0 Å². The lowest BCUT2D eigenvalue weighted by molar-refractivity contribution is 0.0950. The van der Waals surface area contributed by atoms with Crippen LogP contribution in [0.5, 0.6) is 5.75 Å². The van der Waals surface area contributed by atoms with Gasteiger partial charge in [0, 0.05) is 23.5 Å². The fourth-order valence-electron chi connectivity index (χ4n) is 3.23. The molecule has 1 saturated carbocycles. The van der Waals surface area contributed by atoms with Crippen molar-refractivity contribution in [2.45, 2.75) is 25.8 Å². The molecule has 1 fully saturated rings. The molecule has 26 heavy (non-hydrogen) atoms. The predicted molar refractivity (Wildman–Crippen MR) is 103 cm³/mol. The van der Waals surface area contributed by atoms with Gasteiger partial charge in [-0.25, -0.2) is 0 Å².